The van der Waals surface area contributed by atoms with Crippen molar-refractivity contribution in [3.05, 3.63) is 48.0 Å². The predicted octanol–water partition coefficient (Wildman–Crippen LogP) is 3.23. The first-order valence-electron chi connectivity index (χ1n) is 6.43. The van der Waals surface area contributed by atoms with Crippen LogP contribution in [0.1, 0.15) is 5.56 Å². The summed E-state index contributed by atoms with van der Waals surface area (Å²) in [4.78, 5) is 6.52. The van der Waals surface area contributed by atoms with Crippen LogP contribution in [0.4, 0.5) is 11.4 Å². The van der Waals surface area contributed by atoms with Gasteiger partial charge in [0.2, 0.25) is 6.79 Å². The van der Waals surface area contributed by atoms with Crippen LogP contribution < -0.4 is 14.4 Å². The minimum Gasteiger partial charge on any atom is -0.454 e. The normalized spacial score (nSPS) is 12.9. The highest BCUT2D eigenvalue weighted by Gasteiger charge is 2.12. The maximum absolute atomic E-state index is 5.33. The number of nitrogens with zero attached hydrogens (tertiary/aromatic N) is 2. The van der Waals surface area contributed by atoms with Gasteiger partial charge in [-0.25, -0.2) is 0 Å². The molecule has 0 aromatic heterocycles. The van der Waals surface area contributed by atoms with E-state index in [-0.39, 0.29) is 6.79 Å². The zero-order valence-corrected chi connectivity index (χ0v) is 11.5. The molecule has 0 saturated heterocycles. The lowest BCUT2D eigenvalue weighted by Gasteiger charge is -2.11. The topological polar surface area (TPSA) is 34.1 Å². The van der Waals surface area contributed by atoms with Gasteiger partial charge in [-0.3, -0.25) is 4.99 Å². The molecule has 0 unspecified atom stereocenters. The second-order valence-electron chi connectivity index (χ2n) is 4.78. The number of hydrogen-bond acceptors (Lipinski definition) is 4. The lowest BCUT2D eigenvalue weighted by Crippen LogP contribution is -2.08. The fourth-order valence-electron chi connectivity index (χ4n) is 1.97. The summed E-state index contributed by atoms with van der Waals surface area (Å²) in [5.41, 5.74) is 3.09. The number of benzene rings is 2. The molecule has 1 aliphatic heterocycles. The van der Waals surface area contributed by atoms with Crippen molar-refractivity contribution in [2.75, 3.05) is 25.8 Å². The highest BCUT2D eigenvalue weighted by molar-refractivity contribution is 5.82. The summed E-state index contributed by atoms with van der Waals surface area (Å²) in [7, 11) is 4.05. The van der Waals surface area contributed by atoms with Gasteiger partial charge in [0.25, 0.3) is 0 Å². The van der Waals surface area contributed by atoms with Gasteiger partial charge in [0.15, 0.2) is 11.5 Å². The molecule has 2 aromatic rings. The van der Waals surface area contributed by atoms with Crippen LogP contribution in [0.5, 0.6) is 11.5 Å². The monoisotopic (exact) mass is 268 g/mol. The van der Waals surface area contributed by atoms with Gasteiger partial charge >= 0.3 is 0 Å². The molecule has 0 aliphatic carbocycles. The quantitative estimate of drug-likeness (QED) is 0.801. The standard InChI is InChI=1S/C16H16N2O2/c1-18(2)14-6-3-12(4-7-14)10-17-13-5-8-15-16(9-13)20-11-19-15/h3-10H,11H2,1-2H3. The fourth-order valence-corrected chi connectivity index (χ4v) is 1.97. The van der Waals surface area contributed by atoms with E-state index in [0.29, 0.717) is 0 Å². The summed E-state index contributed by atoms with van der Waals surface area (Å²) in [5, 5.41) is 0. The number of hydrogen-bond donors (Lipinski definition) is 0. The van der Waals surface area contributed by atoms with E-state index in [4.69, 9.17) is 9.47 Å². The van der Waals surface area contributed by atoms with E-state index in [0.717, 1.165) is 22.7 Å². The molecule has 4 heteroatoms. The maximum atomic E-state index is 5.33. The molecule has 1 heterocycles. The van der Waals surface area contributed by atoms with Gasteiger partial charge in [-0.1, -0.05) is 12.1 Å². The summed E-state index contributed by atoms with van der Waals surface area (Å²) in [6, 6.07) is 13.9. The Balaban J connectivity index is 1.76. The van der Waals surface area contributed by atoms with Crippen molar-refractivity contribution in [1.29, 1.82) is 0 Å². The molecule has 4 nitrogen and oxygen atoms in total. The zero-order chi connectivity index (χ0) is 13.9. The molecule has 0 fully saturated rings. The summed E-state index contributed by atoms with van der Waals surface area (Å²) >= 11 is 0. The molecule has 2 aromatic carbocycles. The van der Waals surface area contributed by atoms with E-state index in [2.05, 4.69) is 22.0 Å². The molecular weight excluding hydrogens is 252 g/mol. The van der Waals surface area contributed by atoms with Crippen LogP contribution in [0.3, 0.4) is 0 Å². The lowest BCUT2D eigenvalue weighted by molar-refractivity contribution is 0.174. The van der Waals surface area contributed by atoms with Crippen molar-refractivity contribution < 1.29 is 9.47 Å². The van der Waals surface area contributed by atoms with Gasteiger partial charge in [-0.15, -0.1) is 0 Å². The van der Waals surface area contributed by atoms with Gasteiger partial charge in [-0.05, 0) is 29.8 Å². The third-order valence-corrected chi connectivity index (χ3v) is 3.13. The first-order valence-corrected chi connectivity index (χ1v) is 6.43. The average Bonchev–Trinajstić information content (AvgIpc) is 2.93. The largest absolute Gasteiger partial charge is 0.454 e. The third-order valence-electron chi connectivity index (χ3n) is 3.13. The fraction of sp³-hybridized carbons (Fsp3) is 0.188. The summed E-state index contributed by atoms with van der Waals surface area (Å²) in [5.74, 6) is 1.53. The number of anilines is 1. The Hall–Kier alpha value is -2.49. The van der Waals surface area contributed by atoms with Gasteiger partial charge in [0.05, 0.1) is 5.69 Å². The minimum atomic E-state index is 0.286. The van der Waals surface area contributed by atoms with Crippen LogP contribution in [-0.4, -0.2) is 27.1 Å². The lowest BCUT2D eigenvalue weighted by atomic mass is 10.2. The molecule has 0 bridgehead atoms. The Morgan fingerprint density at radius 2 is 1.75 bits per heavy atom. The van der Waals surface area contributed by atoms with Crippen LogP contribution in [0, 0.1) is 0 Å². The van der Waals surface area contributed by atoms with Gasteiger partial charge in [0.1, 0.15) is 0 Å². The van der Waals surface area contributed by atoms with E-state index in [1.807, 2.05) is 50.6 Å². The van der Waals surface area contributed by atoms with Crippen LogP contribution >= 0.6 is 0 Å². The van der Waals surface area contributed by atoms with Crippen molar-refractivity contribution in [2.45, 2.75) is 0 Å². The minimum absolute atomic E-state index is 0.286. The van der Waals surface area contributed by atoms with Crippen LogP contribution in [-0.2, 0) is 0 Å². The van der Waals surface area contributed by atoms with Gasteiger partial charge in [0, 0.05) is 32.1 Å². The Bertz CT molecular complexity index is 633. The molecule has 1 aliphatic rings. The van der Waals surface area contributed by atoms with Crippen molar-refractivity contribution >= 4 is 17.6 Å². The van der Waals surface area contributed by atoms with E-state index in [1.54, 1.807) is 0 Å². The molecule has 102 valence electrons. The Morgan fingerprint density at radius 3 is 2.50 bits per heavy atom. The molecule has 20 heavy (non-hydrogen) atoms. The van der Waals surface area contributed by atoms with Gasteiger partial charge in [-0.2, -0.15) is 0 Å². The van der Waals surface area contributed by atoms with E-state index in [1.165, 1.54) is 5.69 Å². The molecule has 0 spiro atoms. The Morgan fingerprint density at radius 1 is 1.00 bits per heavy atom. The van der Waals surface area contributed by atoms with Crippen LogP contribution in [0.15, 0.2) is 47.5 Å². The SMILES string of the molecule is CN(C)c1ccc(C=Nc2ccc3c(c2)OCO3)cc1. The average molecular weight is 268 g/mol. The van der Waals surface area contributed by atoms with Crippen LogP contribution in [0.2, 0.25) is 0 Å². The number of ether oxygens (including phenoxy) is 2. The van der Waals surface area contributed by atoms with Crippen molar-refractivity contribution in [2.24, 2.45) is 4.99 Å². The summed E-state index contributed by atoms with van der Waals surface area (Å²) in [6.07, 6.45) is 1.84. The van der Waals surface area contributed by atoms with Crippen LogP contribution in [0.25, 0.3) is 0 Å². The number of aliphatic imine (C=N–C) groups is 1. The first-order chi connectivity index (χ1) is 9.72. The molecular formula is C16H16N2O2. The second-order valence-corrected chi connectivity index (χ2v) is 4.78. The van der Waals surface area contributed by atoms with E-state index in [9.17, 15) is 0 Å². The molecule has 0 saturated carbocycles. The molecule has 0 atom stereocenters. The molecule has 0 amide bonds. The second kappa shape index (κ2) is 5.25. The predicted molar refractivity (Wildman–Crippen MR) is 80.6 cm³/mol. The van der Waals surface area contributed by atoms with Crippen molar-refractivity contribution in [3.63, 3.8) is 0 Å². The Labute approximate surface area is 118 Å². The van der Waals surface area contributed by atoms with E-state index < -0.39 is 0 Å². The van der Waals surface area contributed by atoms with E-state index >= 15 is 0 Å². The summed E-state index contributed by atoms with van der Waals surface area (Å²) < 4.78 is 10.6. The first kappa shape index (κ1) is 12.5. The number of rotatable bonds is 3. The van der Waals surface area contributed by atoms with Crippen molar-refractivity contribution in [1.82, 2.24) is 0 Å². The zero-order valence-electron chi connectivity index (χ0n) is 11.5. The summed E-state index contributed by atoms with van der Waals surface area (Å²) in [6.45, 7) is 0.286. The van der Waals surface area contributed by atoms with Crippen molar-refractivity contribution in [3.8, 4) is 11.5 Å². The molecule has 3 rings (SSSR count). The molecule has 0 N–H and O–H groups in total. The third kappa shape index (κ3) is 2.59. The van der Waals surface area contributed by atoms with Gasteiger partial charge < -0.3 is 14.4 Å². The smallest absolute Gasteiger partial charge is 0.231 e. The highest BCUT2D eigenvalue weighted by atomic mass is 16.7. The number of fused-ring (bicyclic) bond motifs is 1. The maximum Gasteiger partial charge on any atom is 0.231 e. The highest BCUT2D eigenvalue weighted by Crippen LogP contribution is 2.35. The molecule has 0 radical (unpaired) electrons. The Kier molecular flexibility index (Phi) is 3.29.